The first-order chi connectivity index (χ1) is 14.2. The second-order valence-electron chi connectivity index (χ2n) is 8.12. The number of fused-ring (bicyclic) bond motifs is 1. The van der Waals surface area contributed by atoms with Gasteiger partial charge in [-0.2, -0.15) is 5.10 Å². The number of amides is 2. The zero-order chi connectivity index (χ0) is 19.8. The van der Waals surface area contributed by atoms with E-state index in [0.29, 0.717) is 18.5 Å². The molecule has 0 N–H and O–H groups in total. The Morgan fingerprint density at radius 1 is 1.14 bits per heavy atom. The summed E-state index contributed by atoms with van der Waals surface area (Å²) >= 11 is 0. The Morgan fingerprint density at radius 3 is 2.66 bits per heavy atom. The summed E-state index contributed by atoms with van der Waals surface area (Å²) in [7, 11) is 0. The molecule has 0 aromatic carbocycles. The van der Waals surface area contributed by atoms with Crippen LogP contribution in [0.1, 0.15) is 35.3 Å². The first-order valence-electron chi connectivity index (χ1n) is 10.5. The molecule has 1 aliphatic carbocycles. The molecule has 0 bridgehead atoms. The molecule has 8 heteroatoms. The number of piperazine rings is 1. The molecule has 0 spiro atoms. The zero-order valence-corrected chi connectivity index (χ0v) is 16.5. The fourth-order valence-corrected chi connectivity index (χ4v) is 4.41. The second kappa shape index (κ2) is 7.59. The van der Waals surface area contributed by atoms with Gasteiger partial charge in [-0.15, -0.1) is 0 Å². The SMILES string of the molecule is O=C(CN1CCc2nn(-c3cccnc3)cc2C1=O)N1CCN(C2CCC2)CC1. The van der Waals surface area contributed by atoms with Crippen molar-refractivity contribution < 1.29 is 9.59 Å². The molecule has 1 saturated carbocycles. The lowest BCUT2D eigenvalue weighted by molar-refractivity contribution is -0.134. The van der Waals surface area contributed by atoms with E-state index in [4.69, 9.17) is 0 Å². The first-order valence-corrected chi connectivity index (χ1v) is 10.5. The number of aromatic nitrogens is 3. The van der Waals surface area contributed by atoms with E-state index in [2.05, 4.69) is 15.0 Å². The highest BCUT2D eigenvalue weighted by Crippen LogP contribution is 2.25. The van der Waals surface area contributed by atoms with Crippen molar-refractivity contribution in [2.45, 2.75) is 31.7 Å². The summed E-state index contributed by atoms with van der Waals surface area (Å²) in [6.07, 6.45) is 9.77. The van der Waals surface area contributed by atoms with Crippen LogP contribution in [-0.4, -0.2) is 86.6 Å². The van der Waals surface area contributed by atoms with Crippen molar-refractivity contribution in [2.75, 3.05) is 39.3 Å². The quantitative estimate of drug-likeness (QED) is 0.772. The number of hydrogen-bond acceptors (Lipinski definition) is 5. The van der Waals surface area contributed by atoms with Gasteiger partial charge in [-0.25, -0.2) is 4.68 Å². The highest BCUT2D eigenvalue weighted by atomic mass is 16.2. The molecule has 8 nitrogen and oxygen atoms in total. The van der Waals surface area contributed by atoms with Crippen LogP contribution in [0.25, 0.3) is 5.69 Å². The summed E-state index contributed by atoms with van der Waals surface area (Å²) in [6, 6.07) is 4.47. The number of nitrogens with zero attached hydrogens (tertiary/aromatic N) is 6. The molecule has 152 valence electrons. The highest BCUT2D eigenvalue weighted by Gasteiger charge is 2.32. The van der Waals surface area contributed by atoms with Gasteiger partial charge in [0.25, 0.3) is 5.91 Å². The molecule has 0 unspecified atom stereocenters. The number of carbonyl (C=O) groups is 2. The van der Waals surface area contributed by atoms with Crippen LogP contribution in [0.2, 0.25) is 0 Å². The number of carbonyl (C=O) groups excluding carboxylic acids is 2. The maximum Gasteiger partial charge on any atom is 0.257 e. The number of pyridine rings is 1. The number of rotatable bonds is 4. The minimum Gasteiger partial charge on any atom is -0.339 e. The van der Waals surface area contributed by atoms with Gasteiger partial charge in [0, 0.05) is 57.6 Å². The van der Waals surface area contributed by atoms with Crippen molar-refractivity contribution >= 4 is 11.8 Å². The lowest BCUT2D eigenvalue weighted by Gasteiger charge is -2.43. The lowest BCUT2D eigenvalue weighted by Crippen LogP contribution is -2.55. The summed E-state index contributed by atoms with van der Waals surface area (Å²) in [5.41, 5.74) is 2.20. The van der Waals surface area contributed by atoms with E-state index >= 15 is 0 Å². The van der Waals surface area contributed by atoms with Crippen LogP contribution < -0.4 is 0 Å². The van der Waals surface area contributed by atoms with Gasteiger partial charge in [-0.05, 0) is 25.0 Å². The summed E-state index contributed by atoms with van der Waals surface area (Å²) in [6.45, 7) is 4.12. The average Bonchev–Trinajstić information content (AvgIpc) is 3.15. The molecule has 0 radical (unpaired) electrons. The zero-order valence-electron chi connectivity index (χ0n) is 16.5. The third-order valence-corrected chi connectivity index (χ3v) is 6.42. The van der Waals surface area contributed by atoms with Gasteiger partial charge >= 0.3 is 0 Å². The van der Waals surface area contributed by atoms with Crippen molar-refractivity contribution in [1.29, 1.82) is 0 Å². The fourth-order valence-electron chi connectivity index (χ4n) is 4.41. The Hall–Kier alpha value is -2.74. The van der Waals surface area contributed by atoms with Crippen LogP contribution >= 0.6 is 0 Å². The Bertz CT molecular complexity index is 899. The van der Waals surface area contributed by atoms with E-state index in [1.54, 1.807) is 28.2 Å². The fraction of sp³-hybridized carbons (Fsp3) is 0.524. The van der Waals surface area contributed by atoms with Gasteiger partial charge < -0.3 is 9.80 Å². The van der Waals surface area contributed by atoms with Crippen LogP contribution in [-0.2, 0) is 11.2 Å². The molecule has 29 heavy (non-hydrogen) atoms. The summed E-state index contributed by atoms with van der Waals surface area (Å²) in [5, 5.41) is 4.54. The largest absolute Gasteiger partial charge is 0.339 e. The minimum atomic E-state index is -0.108. The van der Waals surface area contributed by atoms with Crippen LogP contribution in [0.3, 0.4) is 0 Å². The van der Waals surface area contributed by atoms with Crippen molar-refractivity contribution in [3.8, 4) is 5.69 Å². The highest BCUT2D eigenvalue weighted by molar-refractivity contribution is 5.98. The lowest BCUT2D eigenvalue weighted by atomic mass is 9.91. The number of hydrogen-bond donors (Lipinski definition) is 0. The second-order valence-corrected chi connectivity index (χ2v) is 8.12. The third kappa shape index (κ3) is 3.53. The van der Waals surface area contributed by atoms with E-state index in [9.17, 15) is 9.59 Å². The van der Waals surface area contributed by atoms with E-state index < -0.39 is 0 Å². The molecule has 2 aliphatic heterocycles. The molecule has 2 fully saturated rings. The molecule has 0 atom stereocenters. The van der Waals surface area contributed by atoms with Crippen LogP contribution in [0, 0.1) is 0 Å². The molecule has 2 aromatic rings. The smallest absolute Gasteiger partial charge is 0.257 e. The van der Waals surface area contributed by atoms with E-state index in [1.165, 1.54) is 19.3 Å². The first kappa shape index (κ1) is 18.3. The van der Waals surface area contributed by atoms with Gasteiger partial charge in [-0.1, -0.05) is 6.42 Å². The third-order valence-electron chi connectivity index (χ3n) is 6.42. The van der Waals surface area contributed by atoms with E-state index in [-0.39, 0.29) is 18.4 Å². The predicted octanol–water partition coefficient (Wildman–Crippen LogP) is 0.962. The standard InChI is InChI=1S/C21H26N6O2/c28-20(25-11-9-24(10-12-25)16-3-1-4-16)15-26-8-6-19-18(21(26)29)14-27(23-19)17-5-2-7-22-13-17/h2,5,7,13-14,16H,1,3-4,6,8-12,15H2. The van der Waals surface area contributed by atoms with Crippen molar-refractivity contribution in [3.63, 3.8) is 0 Å². The van der Waals surface area contributed by atoms with Crippen LogP contribution in [0.4, 0.5) is 0 Å². The van der Waals surface area contributed by atoms with Crippen LogP contribution in [0.5, 0.6) is 0 Å². The van der Waals surface area contributed by atoms with E-state index in [0.717, 1.165) is 43.6 Å². The molecule has 5 rings (SSSR count). The van der Waals surface area contributed by atoms with Gasteiger partial charge in [0.15, 0.2) is 0 Å². The van der Waals surface area contributed by atoms with Gasteiger partial charge in [0.2, 0.25) is 5.91 Å². The molecule has 1 saturated heterocycles. The Kier molecular flexibility index (Phi) is 4.79. The normalized spacial score (nSPS) is 20.5. The predicted molar refractivity (Wildman–Crippen MR) is 107 cm³/mol. The molecule has 4 heterocycles. The molecular formula is C21H26N6O2. The van der Waals surface area contributed by atoms with Crippen LogP contribution in [0.15, 0.2) is 30.7 Å². The average molecular weight is 394 g/mol. The van der Waals surface area contributed by atoms with Gasteiger partial charge in [-0.3, -0.25) is 19.5 Å². The summed E-state index contributed by atoms with van der Waals surface area (Å²) in [5.74, 6) is -0.0578. The molecular weight excluding hydrogens is 368 g/mol. The van der Waals surface area contributed by atoms with E-state index in [1.807, 2.05) is 17.0 Å². The van der Waals surface area contributed by atoms with Crippen molar-refractivity contribution in [1.82, 2.24) is 29.5 Å². The summed E-state index contributed by atoms with van der Waals surface area (Å²) < 4.78 is 1.70. The molecule has 2 amide bonds. The molecule has 3 aliphatic rings. The maximum atomic E-state index is 12.9. The van der Waals surface area contributed by atoms with Crippen molar-refractivity contribution in [2.24, 2.45) is 0 Å². The topological polar surface area (TPSA) is 74.6 Å². The Morgan fingerprint density at radius 2 is 1.97 bits per heavy atom. The van der Waals surface area contributed by atoms with Crippen molar-refractivity contribution in [3.05, 3.63) is 42.0 Å². The summed E-state index contributed by atoms with van der Waals surface area (Å²) in [4.78, 5) is 35.9. The van der Waals surface area contributed by atoms with Gasteiger partial charge in [0.1, 0.15) is 6.54 Å². The Labute approximate surface area is 170 Å². The maximum absolute atomic E-state index is 12.9. The Balaban J connectivity index is 1.21. The van der Waals surface area contributed by atoms with Gasteiger partial charge in [0.05, 0.1) is 23.1 Å². The monoisotopic (exact) mass is 394 g/mol. The minimum absolute atomic E-state index is 0.0507. The molecule has 2 aromatic heterocycles.